The van der Waals surface area contributed by atoms with Crippen molar-refractivity contribution in [3.05, 3.63) is 94.5 Å². The quantitative estimate of drug-likeness (QED) is 0.342. The molecule has 0 bridgehead atoms. The summed E-state index contributed by atoms with van der Waals surface area (Å²) in [6, 6.07) is 18.3. The van der Waals surface area contributed by atoms with Crippen molar-refractivity contribution < 1.29 is 27.5 Å². The van der Waals surface area contributed by atoms with Crippen LogP contribution in [0.1, 0.15) is 47.6 Å². The number of nitrogens with one attached hydrogen (secondary N) is 1. The maximum absolute atomic E-state index is 13.8. The molecule has 5 nitrogen and oxygen atoms in total. The number of benzene rings is 3. The molecule has 0 spiro atoms. The maximum atomic E-state index is 13.8. The molecule has 3 rings (SSSR count). The van der Waals surface area contributed by atoms with Crippen molar-refractivity contribution in [1.29, 1.82) is 0 Å². The first kappa shape index (κ1) is 27.8. The molecule has 8 heteroatoms. The summed E-state index contributed by atoms with van der Waals surface area (Å²) in [5.41, 5.74) is 2.80. The molecule has 0 radical (unpaired) electrons. The van der Waals surface area contributed by atoms with E-state index in [1.54, 1.807) is 17.0 Å². The van der Waals surface area contributed by atoms with Gasteiger partial charge in [-0.15, -0.1) is 0 Å². The number of urea groups is 1. The molecule has 1 N–H and O–H groups in total. The average Bonchev–Trinajstić information content (AvgIpc) is 2.89. The molecule has 37 heavy (non-hydrogen) atoms. The third-order valence-corrected chi connectivity index (χ3v) is 6.23. The molecule has 2 amide bonds. The topological polar surface area (TPSA) is 58.6 Å². The van der Waals surface area contributed by atoms with Gasteiger partial charge in [-0.3, -0.25) is 4.79 Å². The second kappa shape index (κ2) is 12.0. The number of hydrogen-bond donors (Lipinski definition) is 1. The first-order valence-electron chi connectivity index (χ1n) is 12.0. The summed E-state index contributed by atoms with van der Waals surface area (Å²) in [6.45, 7) is 6.21. The van der Waals surface area contributed by atoms with Gasteiger partial charge in [0.05, 0.1) is 18.6 Å². The third-order valence-electron chi connectivity index (χ3n) is 6.23. The second-order valence-corrected chi connectivity index (χ2v) is 8.91. The van der Waals surface area contributed by atoms with Gasteiger partial charge in [0.1, 0.15) is 0 Å². The Labute approximate surface area is 215 Å². The molecular formula is C29H31F3N2O3. The lowest BCUT2D eigenvalue weighted by Gasteiger charge is -2.24. The van der Waals surface area contributed by atoms with Gasteiger partial charge in [0.25, 0.3) is 0 Å². The van der Waals surface area contributed by atoms with Crippen LogP contribution in [0, 0.1) is 6.92 Å². The zero-order valence-electron chi connectivity index (χ0n) is 21.4. The van der Waals surface area contributed by atoms with Gasteiger partial charge in [0.15, 0.2) is 0 Å². The number of methoxy groups -OCH3 is 1. The van der Waals surface area contributed by atoms with Crippen LogP contribution in [0.15, 0.2) is 66.7 Å². The number of nitrogens with zero attached hydrogens (tertiary/aromatic N) is 1. The van der Waals surface area contributed by atoms with Gasteiger partial charge in [0, 0.05) is 19.6 Å². The van der Waals surface area contributed by atoms with Crippen molar-refractivity contribution in [2.45, 2.75) is 46.0 Å². The number of halogens is 3. The monoisotopic (exact) mass is 512 g/mol. The van der Waals surface area contributed by atoms with Gasteiger partial charge >= 0.3 is 18.2 Å². The van der Waals surface area contributed by atoms with Gasteiger partial charge < -0.3 is 15.0 Å². The smallest absolute Gasteiger partial charge is 0.416 e. The zero-order chi connectivity index (χ0) is 27.2. The molecule has 0 aromatic heterocycles. The predicted molar refractivity (Wildman–Crippen MR) is 137 cm³/mol. The van der Waals surface area contributed by atoms with E-state index in [2.05, 4.69) is 5.32 Å². The molecule has 0 saturated heterocycles. The van der Waals surface area contributed by atoms with E-state index in [1.165, 1.54) is 14.0 Å². The van der Waals surface area contributed by atoms with Gasteiger partial charge in [-0.1, -0.05) is 60.2 Å². The standard InChI is InChI=1S/C29H31F3N2O3/c1-5-34(28(36)33-17-21-9-7-6-8-10-21)18-24-13-19(2)11-12-26(24)23-14-22(20(3)27(35)37-4)15-25(16-23)29(30,31)32/h6-16,20H,5,17-18H2,1-4H3,(H,33,36)/t20-/m0/s1. The fourth-order valence-electron chi connectivity index (χ4n) is 4.09. The zero-order valence-corrected chi connectivity index (χ0v) is 21.4. The molecule has 0 heterocycles. The van der Waals surface area contributed by atoms with Crippen molar-refractivity contribution in [3.8, 4) is 11.1 Å². The summed E-state index contributed by atoms with van der Waals surface area (Å²) in [5, 5.41) is 2.90. The lowest BCUT2D eigenvalue weighted by Crippen LogP contribution is -2.39. The van der Waals surface area contributed by atoms with Gasteiger partial charge in [-0.05, 0) is 60.7 Å². The van der Waals surface area contributed by atoms with E-state index in [0.29, 0.717) is 29.8 Å². The lowest BCUT2D eigenvalue weighted by atomic mass is 9.91. The highest BCUT2D eigenvalue weighted by Crippen LogP contribution is 2.37. The molecule has 196 valence electrons. The molecule has 1 atom stereocenters. The third kappa shape index (κ3) is 7.12. The summed E-state index contributed by atoms with van der Waals surface area (Å²) in [5.74, 6) is -1.50. The van der Waals surface area contributed by atoms with Crippen LogP contribution in [-0.2, 0) is 28.8 Å². The van der Waals surface area contributed by atoms with Crippen LogP contribution in [0.3, 0.4) is 0 Å². The fourth-order valence-corrected chi connectivity index (χ4v) is 4.09. The van der Waals surface area contributed by atoms with E-state index in [1.807, 2.05) is 56.3 Å². The van der Waals surface area contributed by atoms with Gasteiger partial charge in [-0.25, -0.2) is 4.79 Å². The van der Waals surface area contributed by atoms with Gasteiger partial charge in [-0.2, -0.15) is 13.2 Å². The summed E-state index contributed by atoms with van der Waals surface area (Å²) < 4.78 is 46.1. The molecule has 0 unspecified atom stereocenters. The minimum Gasteiger partial charge on any atom is -0.469 e. The molecule has 0 aliphatic rings. The fraction of sp³-hybridized carbons (Fsp3) is 0.310. The van der Waals surface area contributed by atoms with Crippen molar-refractivity contribution >= 4 is 12.0 Å². The Hall–Kier alpha value is -3.81. The minimum atomic E-state index is -4.60. The number of carbonyl (C=O) groups excluding carboxylic acids is 2. The summed E-state index contributed by atoms with van der Waals surface area (Å²) in [6.07, 6.45) is -4.60. The molecule has 0 fully saturated rings. The maximum Gasteiger partial charge on any atom is 0.416 e. The first-order valence-corrected chi connectivity index (χ1v) is 12.0. The van der Waals surface area contributed by atoms with E-state index in [0.717, 1.165) is 23.3 Å². The van der Waals surface area contributed by atoms with E-state index in [-0.39, 0.29) is 18.1 Å². The van der Waals surface area contributed by atoms with E-state index >= 15 is 0 Å². The number of aryl methyl sites for hydroxylation is 1. The van der Waals surface area contributed by atoms with Crippen molar-refractivity contribution in [2.75, 3.05) is 13.7 Å². The number of alkyl halides is 3. The van der Waals surface area contributed by atoms with Crippen LogP contribution in [0.5, 0.6) is 0 Å². The van der Waals surface area contributed by atoms with Crippen LogP contribution < -0.4 is 5.32 Å². The van der Waals surface area contributed by atoms with Crippen LogP contribution in [0.4, 0.5) is 18.0 Å². The molecule has 0 saturated carbocycles. The minimum absolute atomic E-state index is 0.201. The largest absolute Gasteiger partial charge is 0.469 e. The molecule has 3 aromatic rings. The molecular weight excluding hydrogens is 481 g/mol. The van der Waals surface area contributed by atoms with Crippen molar-refractivity contribution in [3.63, 3.8) is 0 Å². The Kier molecular flexibility index (Phi) is 8.97. The summed E-state index contributed by atoms with van der Waals surface area (Å²) in [4.78, 5) is 26.6. The van der Waals surface area contributed by atoms with Crippen LogP contribution in [-0.4, -0.2) is 30.6 Å². The number of hydrogen-bond acceptors (Lipinski definition) is 3. The number of rotatable bonds is 8. The number of amides is 2. The van der Waals surface area contributed by atoms with Crippen LogP contribution in [0.25, 0.3) is 11.1 Å². The first-order chi connectivity index (χ1) is 17.5. The summed E-state index contributed by atoms with van der Waals surface area (Å²) in [7, 11) is 1.20. The highest BCUT2D eigenvalue weighted by Gasteiger charge is 2.32. The average molecular weight is 513 g/mol. The van der Waals surface area contributed by atoms with E-state index < -0.39 is 23.6 Å². The molecule has 0 aliphatic heterocycles. The Bertz CT molecular complexity index is 1240. The summed E-state index contributed by atoms with van der Waals surface area (Å²) >= 11 is 0. The van der Waals surface area contributed by atoms with Crippen LogP contribution in [0.2, 0.25) is 0 Å². The Morgan fingerprint density at radius 3 is 2.35 bits per heavy atom. The van der Waals surface area contributed by atoms with Crippen molar-refractivity contribution in [2.24, 2.45) is 0 Å². The number of esters is 1. The van der Waals surface area contributed by atoms with E-state index in [4.69, 9.17) is 4.74 Å². The van der Waals surface area contributed by atoms with Crippen LogP contribution >= 0.6 is 0 Å². The Morgan fingerprint density at radius 1 is 1.03 bits per heavy atom. The molecule has 3 aromatic carbocycles. The Morgan fingerprint density at radius 2 is 1.73 bits per heavy atom. The Balaban J connectivity index is 1.97. The highest BCUT2D eigenvalue weighted by molar-refractivity contribution is 5.79. The normalized spacial score (nSPS) is 12.1. The number of carbonyl (C=O) groups is 2. The SMILES string of the molecule is CCN(Cc1cc(C)ccc1-c1cc([C@H](C)C(=O)OC)cc(C(F)(F)F)c1)C(=O)NCc1ccccc1. The van der Waals surface area contributed by atoms with E-state index in [9.17, 15) is 22.8 Å². The lowest BCUT2D eigenvalue weighted by molar-refractivity contribution is -0.142. The molecule has 0 aliphatic carbocycles. The van der Waals surface area contributed by atoms with Crippen molar-refractivity contribution in [1.82, 2.24) is 10.2 Å². The second-order valence-electron chi connectivity index (χ2n) is 8.91. The van der Waals surface area contributed by atoms with Gasteiger partial charge in [0.2, 0.25) is 0 Å². The predicted octanol–water partition coefficient (Wildman–Crippen LogP) is 6.69. The highest BCUT2D eigenvalue weighted by atomic mass is 19.4. The number of ether oxygens (including phenoxy) is 1.